The molecule has 0 atom stereocenters. The number of hydrogen-bond acceptors (Lipinski definition) is 3. The van der Waals surface area contributed by atoms with Crippen LogP contribution in [0.4, 0.5) is 17.6 Å². The molecule has 4 nitrogen and oxygen atoms in total. The summed E-state index contributed by atoms with van der Waals surface area (Å²) in [5.74, 6) is 0.187. The van der Waals surface area contributed by atoms with E-state index in [1.54, 1.807) is 48.5 Å². The number of alkyl halides is 3. The van der Waals surface area contributed by atoms with E-state index < -0.39 is 11.7 Å². The van der Waals surface area contributed by atoms with E-state index in [1.807, 2.05) is 50.2 Å². The number of rotatable bonds is 6. The van der Waals surface area contributed by atoms with Crippen molar-refractivity contribution >= 4 is 11.0 Å². The van der Waals surface area contributed by atoms with Crippen LogP contribution in [0.2, 0.25) is 0 Å². The molecule has 0 aliphatic carbocycles. The SMILES string of the molecule is Cc1ccc(-c2nn(-c3ccc(C)cc3)c3nc(-c4ccc(OCc5ccc(F)cc5)cc4)cc(C(F)(F)F)c23)cc1. The number of aromatic nitrogens is 3. The van der Waals surface area contributed by atoms with Crippen LogP contribution < -0.4 is 4.74 Å². The maximum atomic E-state index is 14.7. The first kappa shape index (κ1) is 27.2. The van der Waals surface area contributed by atoms with E-state index >= 15 is 0 Å². The molecule has 0 radical (unpaired) electrons. The maximum Gasteiger partial charge on any atom is 0.417 e. The molecule has 6 rings (SSSR count). The van der Waals surface area contributed by atoms with E-state index in [4.69, 9.17) is 9.72 Å². The van der Waals surface area contributed by atoms with Crippen molar-refractivity contribution in [2.75, 3.05) is 0 Å². The lowest BCUT2D eigenvalue weighted by Crippen LogP contribution is -2.08. The molecule has 0 aliphatic rings. The van der Waals surface area contributed by atoms with Gasteiger partial charge in [-0.15, -0.1) is 0 Å². The Bertz CT molecular complexity index is 1860. The summed E-state index contributed by atoms with van der Waals surface area (Å²) in [6.45, 7) is 4.08. The molecule has 6 aromatic rings. The largest absolute Gasteiger partial charge is 0.489 e. The molecule has 42 heavy (non-hydrogen) atoms. The van der Waals surface area contributed by atoms with Crippen LogP contribution >= 0.6 is 0 Å². The summed E-state index contributed by atoms with van der Waals surface area (Å²) < 4.78 is 64.5. The van der Waals surface area contributed by atoms with Gasteiger partial charge in [0.2, 0.25) is 0 Å². The molecular weight excluding hydrogens is 542 g/mol. The van der Waals surface area contributed by atoms with Gasteiger partial charge < -0.3 is 4.74 Å². The highest BCUT2D eigenvalue weighted by Gasteiger charge is 2.36. The van der Waals surface area contributed by atoms with E-state index in [9.17, 15) is 17.6 Å². The third-order valence-electron chi connectivity index (χ3n) is 7.02. The lowest BCUT2D eigenvalue weighted by atomic mass is 10.0. The summed E-state index contributed by atoms with van der Waals surface area (Å²) >= 11 is 0. The first-order valence-electron chi connectivity index (χ1n) is 13.3. The Morgan fingerprint density at radius 3 is 1.95 bits per heavy atom. The van der Waals surface area contributed by atoms with E-state index in [0.29, 0.717) is 22.6 Å². The molecule has 210 valence electrons. The molecule has 0 bridgehead atoms. The first-order valence-corrected chi connectivity index (χ1v) is 13.3. The monoisotopic (exact) mass is 567 g/mol. The summed E-state index contributed by atoms with van der Waals surface area (Å²) in [6, 6.07) is 28.4. The van der Waals surface area contributed by atoms with Gasteiger partial charge in [-0.1, -0.05) is 59.7 Å². The quantitative estimate of drug-likeness (QED) is 0.189. The molecule has 8 heteroatoms. The molecular formula is C34H25F4N3O. The molecule has 0 N–H and O–H groups in total. The Morgan fingerprint density at radius 2 is 1.33 bits per heavy atom. The van der Waals surface area contributed by atoms with Gasteiger partial charge in [0.25, 0.3) is 0 Å². The summed E-state index contributed by atoms with van der Waals surface area (Å²) in [7, 11) is 0. The van der Waals surface area contributed by atoms with Crippen LogP contribution in [0.5, 0.6) is 5.75 Å². The zero-order chi connectivity index (χ0) is 29.4. The summed E-state index contributed by atoms with van der Waals surface area (Å²) in [5.41, 5.74) is 4.11. The smallest absolute Gasteiger partial charge is 0.417 e. The number of aryl methyl sites for hydroxylation is 2. The topological polar surface area (TPSA) is 39.9 Å². The van der Waals surface area contributed by atoms with Crippen molar-refractivity contribution in [3.8, 4) is 34.0 Å². The molecule has 0 saturated heterocycles. The zero-order valence-electron chi connectivity index (χ0n) is 22.8. The van der Waals surface area contributed by atoms with Crippen molar-refractivity contribution in [2.45, 2.75) is 26.6 Å². The first-order chi connectivity index (χ1) is 20.2. The molecule has 2 aromatic heterocycles. The number of nitrogens with zero attached hydrogens (tertiary/aromatic N) is 3. The van der Waals surface area contributed by atoms with Gasteiger partial charge >= 0.3 is 6.18 Å². The molecule has 0 unspecified atom stereocenters. The maximum absolute atomic E-state index is 14.7. The Hall–Kier alpha value is -4.98. The second-order valence-corrected chi connectivity index (χ2v) is 10.2. The average Bonchev–Trinajstić information content (AvgIpc) is 3.36. The number of halogens is 4. The number of benzene rings is 4. The highest BCUT2D eigenvalue weighted by molar-refractivity contribution is 5.96. The van der Waals surface area contributed by atoms with Gasteiger partial charge in [-0.3, -0.25) is 0 Å². The van der Waals surface area contributed by atoms with Crippen LogP contribution in [-0.2, 0) is 12.8 Å². The minimum Gasteiger partial charge on any atom is -0.489 e. The highest BCUT2D eigenvalue weighted by Crippen LogP contribution is 2.41. The van der Waals surface area contributed by atoms with Gasteiger partial charge in [0.1, 0.15) is 23.9 Å². The summed E-state index contributed by atoms with van der Waals surface area (Å²) in [4.78, 5) is 4.74. The van der Waals surface area contributed by atoms with Crippen molar-refractivity contribution in [2.24, 2.45) is 0 Å². The van der Waals surface area contributed by atoms with Gasteiger partial charge in [-0.2, -0.15) is 18.3 Å². The van der Waals surface area contributed by atoms with Crippen LogP contribution in [0.3, 0.4) is 0 Å². The van der Waals surface area contributed by atoms with Crippen molar-refractivity contribution in [1.29, 1.82) is 0 Å². The van der Waals surface area contributed by atoms with Gasteiger partial charge in [-0.05, 0) is 74.0 Å². The van der Waals surface area contributed by atoms with Crippen molar-refractivity contribution in [1.82, 2.24) is 14.8 Å². The molecule has 0 saturated carbocycles. The second kappa shape index (κ2) is 10.8. The van der Waals surface area contributed by atoms with Crippen LogP contribution in [0.25, 0.3) is 39.2 Å². The van der Waals surface area contributed by atoms with Crippen molar-refractivity contribution in [3.63, 3.8) is 0 Å². The van der Waals surface area contributed by atoms with Crippen LogP contribution in [0.15, 0.2) is 103 Å². The predicted octanol–water partition coefficient (Wildman–Crippen LogP) is 9.11. The van der Waals surface area contributed by atoms with Crippen LogP contribution in [0, 0.1) is 19.7 Å². The van der Waals surface area contributed by atoms with Gasteiger partial charge in [-0.25, -0.2) is 14.1 Å². The van der Waals surface area contributed by atoms with E-state index in [-0.39, 0.29) is 34.8 Å². The van der Waals surface area contributed by atoms with Crippen molar-refractivity contribution in [3.05, 3.63) is 131 Å². The fourth-order valence-corrected chi connectivity index (χ4v) is 4.74. The number of ether oxygens (including phenoxy) is 1. The van der Waals surface area contributed by atoms with E-state index in [0.717, 1.165) is 22.8 Å². The number of hydrogen-bond donors (Lipinski definition) is 0. The lowest BCUT2D eigenvalue weighted by molar-refractivity contribution is -0.136. The average molecular weight is 568 g/mol. The predicted molar refractivity (Wildman–Crippen MR) is 155 cm³/mol. The van der Waals surface area contributed by atoms with E-state index in [2.05, 4.69) is 5.10 Å². The molecule has 2 heterocycles. The number of fused-ring (bicyclic) bond motifs is 1. The third kappa shape index (κ3) is 5.48. The Kier molecular flexibility index (Phi) is 6.98. The Labute approximate surface area is 239 Å². The Morgan fingerprint density at radius 1 is 0.738 bits per heavy atom. The molecule has 0 fully saturated rings. The third-order valence-corrected chi connectivity index (χ3v) is 7.02. The lowest BCUT2D eigenvalue weighted by Gasteiger charge is -2.13. The van der Waals surface area contributed by atoms with Gasteiger partial charge in [0, 0.05) is 11.1 Å². The minimum atomic E-state index is -4.66. The minimum absolute atomic E-state index is 0.0603. The molecule has 0 spiro atoms. The van der Waals surface area contributed by atoms with Crippen molar-refractivity contribution < 1.29 is 22.3 Å². The molecule has 4 aromatic carbocycles. The summed E-state index contributed by atoms with van der Waals surface area (Å²) in [5, 5.41) is 4.62. The van der Waals surface area contributed by atoms with Gasteiger partial charge in [0.05, 0.1) is 22.3 Å². The van der Waals surface area contributed by atoms with Crippen LogP contribution in [-0.4, -0.2) is 14.8 Å². The number of pyridine rings is 1. The standard InChI is InChI=1S/C34H25F4N3O/c1-21-3-9-25(10-4-21)32-31-29(34(36,37)38)19-30(39-33(31)41(40-32)27-15-5-22(2)6-16-27)24-11-17-28(18-12-24)42-20-23-7-13-26(35)14-8-23/h3-19H,20H2,1-2H3. The Balaban J connectivity index is 1.47. The normalized spacial score (nSPS) is 11.7. The molecule has 0 aliphatic heterocycles. The fraction of sp³-hybridized carbons (Fsp3) is 0.118. The van der Waals surface area contributed by atoms with Gasteiger partial charge in [0.15, 0.2) is 5.65 Å². The zero-order valence-corrected chi connectivity index (χ0v) is 22.8. The molecule has 0 amide bonds. The van der Waals surface area contributed by atoms with Crippen LogP contribution in [0.1, 0.15) is 22.3 Å². The van der Waals surface area contributed by atoms with E-state index in [1.165, 1.54) is 16.8 Å². The second-order valence-electron chi connectivity index (χ2n) is 10.2. The highest BCUT2D eigenvalue weighted by atomic mass is 19.4. The summed E-state index contributed by atoms with van der Waals surface area (Å²) in [6.07, 6.45) is -4.66. The fourth-order valence-electron chi connectivity index (χ4n) is 4.74.